The Hall–Kier alpha value is -2.74. The van der Waals surface area contributed by atoms with Gasteiger partial charge in [-0.25, -0.2) is 4.98 Å². The van der Waals surface area contributed by atoms with Crippen LogP contribution in [0.4, 0.5) is 0 Å². The third kappa shape index (κ3) is 6.72. The van der Waals surface area contributed by atoms with Crippen molar-refractivity contribution in [3.05, 3.63) is 41.0 Å². The van der Waals surface area contributed by atoms with Crippen molar-refractivity contribution in [2.75, 3.05) is 6.54 Å². The fourth-order valence-electron chi connectivity index (χ4n) is 4.78. The van der Waals surface area contributed by atoms with E-state index < -0.39 is 17.5 Å². The molecule has 7 nitrogen and oxygen atoms in total. The van der Waals surface area contributed by atoms with Crippen molar-refractivity contribution in [3.8, 4) is 10.4 Å². The van der Waals surface area contributed by atoms with Gasteiger partial charge in [0.05, 0.1) is 22.1 Å². The minimum atomic E-state index is -0.683. The first-order chi connectivity index (χ1) is 16.9. The molecule has 1 aliphatic heterocycles. The van der Waals surface area contributed by atoms with Crippen LogP contribution in [0.25, 0.3) is 10.4 Å². The molecule has 0 bridgehead atoms. The zero-order valence-corrected chi connectivity index (χ0v) is 23.4. The van der Waals surface area contributed by atoms with E-state index in [1.54, 1.807) is 16.2 Å². The molecule has 196 valence electrons. The molecule has 0 unspecified atom stereocenters. The summed E-state index contributed by atoms with van der Waals surface area (Å²) in [5.41, 5.74) is 4.56. The van der Waals surface area contributed by atoms with E-state index in [1.807, 2.05) is 33.2 Å². The molecule has 1 aromatic heterocycles. The van der Waals surface area contributed by atoms with E-state index in [9.17, 15) is 14.4 Å². The lowest BCUT2D eigenvalue weighted by Crippen LogP contribution is -2.57. The van der Waals surface area contributed by atoms with Crippen molar-refractivity contribution in [1.29, 1.82) is 0 Å². The van der Waals surface area contributed by atoms with Crippen molar-refractivity contribution < 1.29 is 14.4 Å². The van der Waals surface area contributed by atoms with Crippen molar-refractivity contribution >= 4 is 29.1 Å². The minimum Gasteiger partial charge on any atom is -0.347 e. The van der Waals surface area contributed by atoms with Gasteiger partial charge in [0.2, 0.25) is 17.7 Å². The first-order valence-corrected chi connectivity index (χ1v) is 13.6. The predicted molar refractivity (Wildman–Crippen MR) is 144 cm³/mol. The number of likely N-dealkylation sites (tertiary alicyclic amines) is 1. The highest BCUT2D eigenvalue weighted by atomic mass is 32.1. The van der Waals surface area contributed by atoms with Crippen LogP contribution in [0.2, 0.25) is 0 Å². The topological polar surface area (TPSA) is 91.4 Å². The molecule has 2 heterocycles. The maximum absolute atomic E-state index is 13.5. The van der Waals surface area contributed by atoms with E-state index in [-0.39, 0.29) is 23.8 Å². The second kappa shape index (κ2) is 11.5. The number of nitrogens with one attached hydrogen (secondary N) is 2. The molecule has 3 amide bonds. The average molecular weight is 513 g/mol. The van der Waals surface area contributed by atoms with Gasteiger partial charge >= 0.3 is 0 Å². The van der Waals surface area contributed by atoms with E-state index in [0.717, 1.165) is 34.5 Å². The van der Waals surface area contributed by atoms with E-state index >= 15 is 0 Å². The van der Waals surface area contributed by atoms with Gasteiger partial charge in [0.1, 0.15) is 12.1 Å². The number of carbonyl (C=O) groups is 3. The summed E-state index contributed by atoms with van der Waals surface area (Å²) < 4.78 is 0. The van der Waals surface area contributed by atoms with Gasteiger partial charge in [0.25, 0.3) is 0 Å². The maximum Gasteiger partial charge on any atom is 0.246 e. The Morgan fingerprint density at radius 3 is 2.33 bits per heavy atom. The fourth-order valence-corrected chi connectivity index (χ4v) is 5.60. The zero-order chi connectivity index (χ0) is 26.6. The molecule has 1 fully saturated rings. The highest BCUT2D eigenvalue weighted by molar-refractivity contribution is 7.13. The van der Waals surface area contributed by atoms with Crippen LogP contribution in [0.15, 0.2) is 29.8 Å². The van der Waals surface area contributed by atoms with Gasteiger partial charge in [0, 0.05) is 13.5 Å². The zero-order valence-electron chi connectivity index (χ0n) is 22.6. The smallest absolute Gasteiger partial charge is 0.246 e. The average Bonchev–Trinajstić information content (AvgIpc) is 3.45. The molecule has 3 rings (SSSR count). The molecule has 0 aliphatic carbocycles. The molecule has 0 radical (unpaired) electrons. The molecule has 0 spiro atoms. The lowest BCUT2D eigenvalue weighted by molar-refractivity contribution is -0.143. The Bertz CT molecular complexity index is 1070. The highest BCUT2D eigenvalue weighted by Gasteiger charge is 2.41. The standard InChI is InChI=1S/C28H40N4O3S/c1-17(2)15-22(20-10-12-21(13-11-20)24-18(3)29-16-36-24)31-26(34)23-9-8-14-32(23)27(35)25(28(5,6)7)30-19(4)33/h10-13,16-17,22-23,25H,8-9,14-15H2,1-7H3,(H,30,33)(H,31,34)/t22-,23-,25+/m0/s1. The van der Waals surface area contributed by atoms with E-state index in [0.29, 0.717) is 18.9 Å². The number of nitrogens with zero attached hydrogens (tertiary/aromatic N) is 2. The number of benzene rings is 1. The van der Waals surface area contributed by atoms with Crippen molar-refractivity contribution in [2.45, 2.75) is 85.9 Å². The van der Waals surface area contributed by atoms with Crippen LogP contribution in [0.3, 0.4) is 0 Å². The predicted octanol–water partition coefficient (Wildman–Crippen LogP) is 4.86. The summed E-state index contributed by atoms with van der Waals surface area (Å²) in [6.45, 7) is 14.0. The van der Waals surface area contributed by atoms with Gasteiger partial charge in [-0.1, -0.05) is 58.9 Å². The molecule has 2 N–H and O–H groups in total. The normalized spacial score (nSPS) is 17.7. The first-order valence-electron chi connectivity index (χ1n) is 12.8. The number of hydrogen-bond donors (Lipinski definition) is 2. The Kier molecular flexibility index (Phi) is 8.93. The first kappa shape index (κ1) is 27.8. The maximum atomic E-state index is 13.5. The molecule has 36 heavy (non-hydrogen) atoms. The lowest BCUT2D eigenvalue weighted by Gasteiger charge is -2.35. The van der Waals surface area contributed by atoms with Crippen LogP contribution in [0, 0.1) is 18.3 Å². The van der Waals surface area contributed by atoms with Crippen molar-refractivity contribution in [3.63, 3.8) is 0 Å². The van der Waals surface area contributed by atoms with Gasteiger partial charge < -0.3 is 15.5 Å². The third-order valence-corrected chi connectivity index (χ3v) is 7.62. The van der Waals surface area contributed by atoms with Gasteiger partial charge in [-0.05, 0) is 48.6 Å². The van der Waals surface area contributed by atoms with Gasteiger partial charge in [-0.3, -0.25) is 14.4 Å². The Labute approximate surface area is 219 Å². The van der Waals surface area contributed by atoms with E-state index in [2.05, 4.69) is 53.7 Å². The molecule has 1 aliphatic rings. The van der Waals surface area contributed by atoms with E-state index in [4.69, 9.17) is 0 Å². The molecule has 8 heteroatoms. The molecular weight excluding hydrogens is 472 g/mol. The van der Waals surface area contributed by atoms with Gasteiger partial charge in [-0.2, -0.15) is 0 Å². The molecule has 0 saturated carbocycles. The minimum absolute atomic E-state index is 0.135. The largest absolute Gasteiger partial charge is 0.347 e. The Morgan fingerprint density at radius 2 is 1.81 bits per heavy atom. The Morgan fingerprint density at radius 1 is 1.14 bits per heavy atom. The third-order valence-electron chi connectivity index (χ3n) is 6.64. The molecule has 2 aromatic rings. The molecule has 1 saturated heterocycles. The van der Waals surface area contributed by atoms with Crippen LogP contribution in [0.5, 0.6) is 0 Å². The molecular formula is C28H40N4O3S. The van der Waals surface area contributed by atoms with Crippen LogP contribution in [0.1, 0.15) is 78.1 Å². The van der Waals surface area contributed by atoms with Crippen LogP contribution in [-0.4, -0.2) is 46.2 Å². The second-order valence-electron chi connectivity index (χ2n) is 11.3. The summed E-state index contributed by atoms with van der Waals surface area (Å²) in [6, 6.07) is 6.95. The monoisotopic (exact) mass is 512 g/mol. The number of aryl methyl sites for hydroxylation is 1. The number of carbonyl (C=O) groups excluding carboxylic acids is 3. The fraction of sp³-hybridized carbons (Fsp3) is 0.571. The number of rotatable bonds is 8. The Balaban J connectivity index is 1.78. The van der Waals surface area contributed by atoms with E-state index in [1.165, 1.54) is 6.92 Å². The van der Waals surface area contributed by atoms with Crippen molar-refractivity contribution in [1.82, 2.24) is 20.5 Å². The number of aromatic nitrogens is 1. The second-order valence-corrected chi connectivity index (χ2v) is 12.1. The SMILES string of the molecule is CC(=O)N[C@H](C(=O)N1CCC[C@H]1C(=O)N[C@@H](CC(C)C)c1ccc(-c2scnc2C)cc1)C(C)(C)C. The van der Waals surface area contributed by atoms with Gasteiger partial charge in [-0.15, -0.1) is 11.3 Å². The summed E-state index contributed by atoms with van der Waals surface area (Å²) >= 11 is 1.62. The summed E-state index contributed by atoms with van der Waals surface area (Å²) in [7, 11) is 0. The molecule has 1 aromatic carbocycles. The summed E-state index contributed by atoms with van der Waals surface area (Å²) in [5, 5.41) is 6.05. The highest BCUT2D eigenvalue weighted by Crippen LogP contribution is 2.31. The lowest BCUT2D eigenvalue weighted by atomic mass is 9.85. The quantitative estimate of drug-likeness (QED) is 0.528. The van der Waals surface area contributed by atoms with Crippen molar-refractivity contribution in [2.24, 2.45) is 11.3 Å². The number of amides is 3. The van der Waals surface area contributed by atoms with Gasteiger partial charge in [0.15, 0.2) is 0 Å². The summed E-state index contributed by atoms with van der Waals surface area (Å²) in [4.78, 5) is 45.9. The van der Waals surface area contributed by atoms with Crippen LogP contribution >= 0.6 is 11.3 Å². The summed E-state index contributed by atoms with van der Waals surface area (Å²) in [5.74, 6) is -0.202. The number of hydrogen-bond acceptors (Lipinski definition) is 5. The number of thiazole rings is 1. The molecule has 3 atom stereocenters. The summed E-state index contributed by atoms with van der Waals surface area (Å²) in [6.07, 6.45) is 2.17. The van der Waals surface area contributed by atoms with Crippen LogP contribution < -0.4 is 10.6 Å². The van der Waals surface area contributed by atoms with Crippen LogP contribution in [-0.2, 0) is 14.4 Å².